The molecule has 2 aromatic carbocycles. The third-order valence-corrected chi connectivity index (χ3v) is 5.55. The number of carbonyl (C=O) groups is 2. The number of ether oxygens (including phenoxy) is 1. The predicted molar refractivity (Wildman–Crippen MR) is 103 cm³/mol. The van der Waals surface area contributed by atoms with Gasteiger partial charge in [0.15, 0.2) is 6.61 Å². The molecule has 1 saturated carbocycles. The number of halogens is 2. The Labute approximate surface area is 167 Å². The zero-order chi connectivity index (χ0) is 20.4. The number of hydrogen-bond donors (Lipinski definition) is 0. The van der Waals surface area contributed by atoms with Gasteiger partial charge in [0, 0.05) is 31.9 Å². The van der Waals surface area contributed by atoms with E-state index in [2.05, 4.69) is 4.90 Å². The van der Waals surface area contributed by atoms with Crippen LogP contribution >= 0.6 is 0 Å². The predicted octanol–water partition coefficient (Wildman–Crippen LogP) is 2.96. The molecule has 152 valence electrons. The van der Waals surface area contributed by atoms with E-state index in [4.69, 9.17) is 4.74 Å². The van der Waals surface area contributed by atoms with Crippen LogP contribution in [-0.4, -0.2) is 49.6 Å². The van der Waals surface area contributed by atoms with Crippen molar-refractivity contribution in [3.63, 3.8) is 0 Å². The van der Waals surface area contributed by atoms with Gasteiger partial charge in [-0.2, -0.15) is 0 Å². The van der Waals surface area contributed by atoms with Crippen molar-refractivity contribution in [1.82, 2.24) is 4.90 Å². The van der Waals surface area contributed by atoms with Crippen LogP contribution in [0.15, 0.2) is 48.5 Å². The van der Waals surface area contributed by atoms with E-state index in [-0.39, 0.29) is 42.0 Å². The second kappa shape index (κ2) is 8.19. The molecule has 2 aliphatic rings. The molecule has 2 unspecified atom stereocenters. The Balaban J connectivity index is 1.21. The van der Waals surface area contributed by atoms with Gasteiger partial charge in [0.25, 0.3) is 5.91 Å². The van der Waals surface area contributed by atoms with Crippen molar-refractivity contribution in [3.8, 4) is 0 Å². The van der Waals surface area contributed by atoms with Crippen LogP contribution < -0.4 is 4.90 Å². The molecule has 4 rings (SSSR count). The highest BCUT2D eigenvalue weighted by Crippen LogP contribution is 2.48. The maximum Gasteiger partial charge on any atom is 0.310 e. The summed E-state index contributed by atoms with van der Waals surface area (Å²) >= 11 is 0. The molecule has 1 heterocycles. The summed E-state index contributed by atoms with van der Waals surface area (Å²) in [6.45, 7) is 2.06. The number of piperazine rings is 1. The average molecular weight is 400 g/mol. The molecule has 0 bridgehead atoms. The highest BCUT2D eigenvalue weighted by Gasteiger charge is 2.45. The van der Waals surface area contributed by atoms with Gasteiger partial charge in [-0.1, -0.05) is 12.1 Å². The Morgan fingerprint density at radius 1 is 0.897 bits per heavy atom. The molecule has 1 aliphatic carbocycles. The Kier molecular flexibility index (Phi) is 5.47. The van der Waals surface area contributed by atoms with Crippen molar-refractivity contribution in [2.75, 3.05) is 37.7 Å². The third-order valence-electron chi connectivity index (χ3n) is 5.55. The number of hydrogen-bond acceptors (Lipinski definition) is 4. The second-order valence-electron chi connectivity index (χ2n) is 7.45. The molecule has 0 spiro atoms. The molecular weight excluding hydrogens is 378 g/mol. The summed E-state index contributed by atoms with van der Waals surface area (Å²) in [6, 6.07) is 12.4. The molecule has 0 radical (unpaired) electrons. The summed E-state index contributed by atoms with van der Waals surface area (Å²) in [5.41, 5.74) is 1.84. The molecule has 1 amide bonds. The van der Waals surface area contributed by atoms with E-state index in [1.807, 2.05) is 0 Å². The first kappa shape index (κ1) is 19.4. The van der Waals surface area contributed by atoms with E-state index < -0.39 is 0 Å². The van der Waals surface area contributed by atoms with Gasteiger partial charge in [0.2, 0.25) is 0 Å². The Morgan fingerprint density at radius 2 is 1.48 bits per heavy atom. The fourth-order valence-corrected chi connectivity index (χ4v) is 3.73. The van der Waals surface area contributed by atoms with Gasteiger partial charge in [0.1, 0.15) is 11.6 Å². The Morgan fingerprint density at radius 3 is 2.10 bits per heavy atom. The van der Waals surface area contributed by atoms with E-state index >= 15 is 0 Å². The summed E-state index contributed by atoms with van der Waals surface area (Å²) in [7, 11) is 0. The van der Waals surface area contributed by atoms with Crippen molar-refractivity contribution >= 4 is 17.6 Å². The molecule has 1 saturated heterocycles. The lowest BCUT2D eigenvalue weighted by molar-refractivity contribution is -0.153. The summed E-state index contributed by atoms with van der Waals surface area (Å²) in [5.74, 6) is -1.39. The first-order chi connectivity index (χ1) is 14.0. The molecule has 2 aromatic rings. The zero-order valence-corrected chi connectivity index (χ0v) is 15.9. The van der Waals surface area contributed by atoms with E-state index in [9.17, 15) is 18.4 Å². The van der Waals surface area contributed by atoms with Crippen LogP contribution in [0, 0.1) is 17.6 Å². The lowest BCUT2D eigenvalue weighted by atomic mass is 10.1. The van der Waals surface area contributed by atoms with Crippen molar-refractivity contribution < 1.29 is 23.1 Å². The highest BCUT2D eigenvalue weighted by molar-refractivity contribution is 5.83. The zero-order valence-electron chi connectivity index (χ0n) is 15.9. The Hall–Kier alpha value is -2.96. The maximum absolute atomic E-state index is 13.0. The number of esters is 1. The number of anilines is 1. The molecule has 1 aliphatic heterocycles. The van der Waals surface area contributed by atoms with Gasteiger partial charge in [-0.3, -0.25) is 9.59 Å². The normalized spacial score (nSPS) is 21.0. The van der Waals surface area contributed by atoms with Crippen LogP contribution in [0.3, 0.4) is 0 Å². The summed E-state index contributed by atoms with van der Waals surface area (Å²) in [5, 5.41) is 0. The van der Waals surface area contributed by atoms with Crippen LogP contribution in [0.2, 0.25) is 0 Å². The highest BCUT2D eigenvalue weighted by atomic mass is 19.1. The first-order valence-electron chi connectivity index (χ1n) is 9.71. The van der Waals surface area contributed by atoms with Gasteiger partial charge in [-0.25, -0.2) is 8.78 Å². The van der Waals surface area contributed by atoms with Gasteiger partial charge in [0.05, 0.1) is 5.92 Å². The fraction of sp³-hybridized carbons (Fsp3) is 0.364. The molecular formula is C22H22F2N2O3. The van der Waals surface area contributed by atoms with E-state index in [1.165, 1.54) is 24.3 Å². The van der Waals surface area contributed by atoms with Gasteiger partial charge < -0.3 is 14.5 Å². The molecule has 5 nitrogen and oxygen atoms in total. The topological polar surface area (TPSA) is 49.9 Å². The number of carbonyl (C=O) groups excluding carboxylic acids is 2. The number of rotatable bonds is 5. The average Bonchev–Trinajstić information content (AvgIpc) is 3.54. The first-order valence-corrected chi connectivity index (χ1v) is 9.71. The van der Waals surface area contributed by atoms with Crippen molar-refractivity contribution in [3.05, 3.63) is 65.7 Å². The van der Waals surface area contributed by atoms with Gasteiger partial charge in [-0.15, -0.1) is 0 Å². The molecule has 7 heteroatoms. The van der Waals surface area contributed by atoms with E-state index in [0.29, 0.717) is 32.6 Å². The molecule has 0 N–H and O–H groups in total. The summed E-state index contributed by atoms with van der Waals surface area (Å²) in [4.78, 5) is 28.3. The van der Waals surface area contributed by atoms with Crippen LogP contribution in [0.1, 0.15) is 17.9 Å². The lowest BCUT2D eigenvalue weighted by Gasteiger charge is -2.36. The van der Waals surface area contributed by atoms with Crippen LogP contribution in [0.4, 0.5) is 14.5 Å². The van der Waals surface area contributed by atoms with Crippen LogP contribution in [0.25, 0.3) is 0 Å². The van der Waals surface area contributed by atoms with Gasteiger partial charge >= 0.3 is 5.97 Å². The SMILES string of the molecule is O=C(OCC(=O)N1CCN(c2ccc(F)cc2)CC1)C1CC1c1ccc(F)cc1. The van der Waals surface area contributed by atoms with E-state index in [0.717, 1.165) is 11.3 Å². The van der Waals surface area contributed by atoms with Crippen LogP contribution in [-0.2, 0) is 14.3 Å². The third kappa shape index (κ3) is 4.55. The minimum absolute atomic E-state index is 0.0393. The lowest BCUT2D eigenvalue weighted by Crippen LogP contribution is -2.50. The monoisotopic (exact) mass is 400 g/mol. The number of amides is 1. The number of benzene rings is 2. The summed E-state index contributed by atoms with van der Waals surface area (Å²) in [6.07, 6.45) is 0.662. The molecule has 2 atom stereocenters. The molecule has 0 aromatic heterocycles. The van der Waals surface area contributed by atoms with Crippen LogP contribution in [0.5, 0.6) is 0 Å². The quantitative estimate of drug-likeness (QED) is 0.725. The van der Waals surface area contributed by atoms with Gasteiger partial charge in [-0.05, 0) is 54.3 Å². The maximum atomic E-state index is 13.0. The van der Waals surface area contributed by atoms with Crippen molar-refractivity contribution in [2.45, 2.75) is 12.3 Å². The van der Waals surface area contributed by atoms with Crippen molar-refractivity contribution in [1.29, 1.82) is 0 Å². The largest absolute Gasteiger partial charge is 0.455 e. The smallest absolute Gasteiger partial charge is 0.310 e. The van der Waals surface area contributed by atoms with Crippen molar-refractivity contribution in [2.24, 2.45) is 5.92 Å². The summed E-state index contributed by atoms with van der Waals surface area (Å²) < 4.78 is 31.3. The fourth-order valence-electron chi connectivity index (χ4n) is 3.73. The van der Waals surface area contributed by atoms with E-state index in [1.54, 1.807) is 29.2 Å². The number of nitrogens with zero attached hydrogens (tertiary/aromatic N) is 2. The molecule has 29 heavy (non-hydrogen) atoms. The molecule has 2 fully saturated rings. The Bertz CT molecular complexity index is 878. The minimum Gasteiger partial charge on any atom is -0.455 e. The standard InChI is InChI=1S/C22H22F2N2O3/c23-16-3-1-15(2-4-16)19-13-20(19)22(28)29-14-21(27)26-11-9-25(10-12-26)18-7-5-17(24)6-8-18/h1-8,19-20H,9-14H2. The minimum atomic E-state index is -0.377. The second-order valence-corrected chi connectivity index (χ2v) is 7.45.